The number of hydrogen-bond donors (Lipinski definition) is 1. The Balaban J connectivity index is 3.02. The first kappa shape index (κ1) is 15.9. The molecule has 0 aromatic heterocycles. The number of carbonyl (C=O) groups is 1. The second-order valence-electron chi connectivity index (χ2n) is 4.29. The largest absolute Gasteiger partial charge is 0.493 e. The van der Waals surface area contributed by atoms with Gasteiger partial charge in [0.15, 0.2) is 11.5 Å². The molecule has 1 aromatic rings. The van der Waals surface area contributed by atoms with Crippen LogP contribution in [0.25, 0.3) is 0 Å². The van der Waals surface area contributed by atoms with Crippen molar-refractivity contribution in [1.82, 2.24) is 4.90 Å². The van der Waals surface area contributed by atoms with E-state index in [1.54, 1.807) is 25.2 Å². The molecular weight excluding hydrogens is 258 g/mol. The van der Waals surface area contributed by atoms with Gasteiger partial charge in [-0.3, -0.25) is 9.69 Å². The van der Waals surface area contributed by atoms with E-state index in [0.29, 0.717) is 11.5 Å². The Morgan fingerprint density at radius 1 is 1.40 bits per heavy atom. The molecule has 0 radical (unpaired) electrons. The van der Waals surface area contributed by atoms with Crippen LogP contribution in [0.15, 0.2) is 18.2 Å². The summed E-state index contributed by atoms with van der Waals surface area (Å²) in [6.07, 6.45) is 5.29. The average Bonchev–Trinajstić information content (AvgIpc) is 2.44. The zero-order valence-electron chi connectivity index (χ0n) is 11.9. The number of aliphatic carboxylic acids is 1. The van der Waals surface area contributed by atoms with Gasteiger partial charge < -0.3 is 14.6 Å². The van der Waals surface area contributed by atoms with Crippen LogP contribution in [0.4, 0.5) is 0 Å². The smallest absolute Gasteiger partial charge is 0.317 e. The fraction of sp³-hybridized carbons (Fsp3) is 0.400. The van der Waals surface area contributed by atoms with Crippen LogP contribution in [-0.2, 0) is 4.79 Å². The predicted octanol–water partition coefficient (Wildman–Crippen LogP) is 1.78. The third-order valence-electron chi connectivity index (χ3n) is 3.07. The van der Waals surface area contributed by atoms with E-state index < -0.39 is 5.97 Å². The summed E-state index contributed by atoms with van der Waals surface area (Å²) in [5.74, 6) is 2.81. The van der Waals surface area contributed by atoms with Crippen molar-refractivity contribution < 1.29 is 19.4 Å². The van der Waals surface area contributed by atoms with Gasteiger partial charge in [-0.1, -0.05) is 12.0 Å². The highest BCUT2D eigenvalue weighted by atomic mass is 16.5. The zero-order chi connectivity index (χ0) is 15.1. The molecule has 1 atom stereocenters. The standard InChI is InChI=1S/C15H19NO4/c1-5-8-16(10-15(17)18)11(2)12-6-7-13(19-3)14(9-12)20-4/h1,6-7,9,11H,8,10H2,2-4H3,(H,17,18). The second-order valence-corrected chi connectivity index (χ2v) is 4.29. The van der Waals surface area contributed by atoms with Crippen LogP contribution in [0.2, 0.25) is 0 Å². The van der Waals surface area contributed by atoms with Crippen molar-refractivity contribution in [2.45, 2.75) is 13.0 Å². The minimum absolute atomic E-state index is 0.111. The number of benzene rings is 1. The van der Waals surface area contributed by atoms with Crippen molar-refractivity contribution in [1.29, 1.82) is 0 Å². The summed E-state index contributed by atoms with van der Waals surface area (Å²) < 4.78 is 10.4. The summed E-state index contributed by atoms with van der Waals surface area (Å²) in [5, 5.41) is 8.93. The number of methoxy groups -OCH3 is 2. The Morgan fingerprint density at radius 2 is 2.05 bits per heavy atom. The van der Waals surface area contributed by atoms with Crippen LogP contribution in [-0.4, -0.2) is 43.3 Å². The fourth-order valence-electron chi connectivity index (χ4n) is 1.94. The predicted molar refractivity (Wildman–Crippen MR) is 76.0 cm³/mol. The van der Waals surface area contributed by atoms with Crippen molar-refractivity contribution in [3.8, 4) is 23.8 Å². The molecule has 0 fully saturated rings. The summed E-state index contributed by atoms with van der Waals surface area (Å²) in [5.41, 5.74) is 0.916. The number of terminal acetylenes is 1. The maximum absolute atomic E-state index is 10.9. The van der Waals surface area contributed by atoms with Crippen LogP contribution in [0.3, 0.4) is 0 Å². The molecule has 108 valence electrons. The van der Waals surface area contributed by atoms with E-state index in [-0.39, 0.29) is 19.1 Å². The Hall–Kier alpha value is -2.19. The van der Waals surface area contributed by atoms with Gasteiger partial charge in [-0.25, -0.2) is 0 Å². The van der Waals surface area contributed by atoms with Crippen molar-refractivity contribution in [2.75, 3.05) is 27.3 Å². The lowest BCUT2D eigenvalue weighted by Crippen LogP contribution is -2.32. The first-order valence-corrected chi connectivity index (χ1v) is 6.14. The molecule has 0 aliphatic carbocycles. The van der Waals surface area contributed by atoms with Crippen LogP contribution < -0.4 is 9.47 Å². The van der Waals surface area contributed by atoms with E-state index in [1.165, 1.54) is 0 Å². The van der Waals surface area contributed by atoms with Crippen LogP contribution in [0, 0.1) is 12.3 Å². The molecule has 1 N–H and O–H groups in total. The van der Waals surface area contributed by atoms with Crippen LogP contribution in [0.5, 0.6) is 11.5 Å². The van der Waals surface area contributed by atoms with Gasteiger partial charge in [0.2, 0.25) is 0 Å². The molecular formula is C15H19NO4. The summed E-state index contributed by atoms with van der Waals surface area (Å²) >= 11 is 0. The highest BCUT2D eigenvalue weighted by molar-refractivity contribution is 5.69. The summed E-state index contributed by atoms with van der Waals surface area (Å²) in [7, 11) is 3.12. The molecule has 1 unspecified atom stereocenters. The SMILES string of the molecule is C#CCN(CC(=O)O)C(C)c1ccc(OC)c(OC)c1. The lowest BCUT2D eigenvalue weighted by Gasteiger charge is -2.26. The molecule has 0 aliphatic rings. The van der Waals surface area contributed by atoms with Crippen LogP contribution in [0.1, 0.15) is 18.5 Å². The van der Waals surface area contributed by atoms with E-state index in [1.807, 2.05) is 19.1 Å². The van der Waals surface area contributed by atoms with Crippen molar-refractivity contribution in [3.05, 3.63) is 23.8 Å². The topological polar surface area (TPSA) is 59.0 Å². The summed E-state index contributed by atoms with van der Waals surface area (Å²) in [6.45, 7) is 2.06. The van der Waals surface area contributed by atoms with E-state index in [0.717, 1.165) is 5.56 Å². The van der Waals surface area contributed by atoms with Gasteiger partial charge in [-0.15, -0.1) is 6.42 Å². The molecule has 5 heteroatoms. The number of carboxylic acids is 1. The van der Waals surface area contributed by atoms with Gasteiger partial charge in [-0.05, 0) is 24.6 Å². The molecule has 0 heterocycles. The Morgan fingerprint density at radius 3 is 2.55 bits per heavy atom. The van der Waals surface area contributed by atoms with Gasteiger partial charge in [0.1, 0.15) is 0 Å². The summed E-state index contributed by atoms with van der Waals surface area (Å²) in [4.78, 5) is 12.6. The molecule has 20 heavy (non-hydrogen) atoms. The van der Waals surface area contributed by atoms with Crippen LogP contribution >= 0.6 is 0 Å². The minimum atomic E-state index is -0.910. The molecule has 1 aromatic carbocycles. The first-order chi connectivity index (χ1) is 9.53. The molecule has 0 bridgehead atoms. The normalized spacial score (nSPS) is 11.8. The van der Waals surface area contributed by atoms with Gasteiger partial charge in [0, 0.05) is 6.04 Å². The zero-order valence-corrected chi connectivity index (χ0v) is 11.9. The van der Waals surface area contributed by atoms with E-state index in [9.17, 15) is 4.79 Å². The number of rotatable bonds is 7. The highest BCUT2D eigenvalue weighted by Crippen LogP contribution is 2.31. The van der Waals surface area contributed by atoms with E-state index in [2.05, 4.69) is 5.92 Å². The van der Waals surface area contributed by atoms with Crippen molar-refractivity contribution >= 4 is 5.97 Å². The van der Waals surface area contributed by atoms with Gasteiger partial charge >= 0.3 is 5.97 Å². The third-order valence-corrected chi connectivity index (χ3v) is 3.07. The Kier molecular flexibility index (Phi) is 5.88. The summed E-state index contributed by atoms with van der Waals surface area (Å²) in [6, 6.07) is 5.35. The van der Waals surface area contributed by atoms with Crippen molar-refractivity contribution in [2.24, 2.45) is 0 Å². The number of hydrogen-bond acceptors (Lipinski definition) is 4. The quantitative estimate of drug-likeness (QED) is 0.770. The molecule has 0 aliphatic heterocycles. The number of carboxylic acid groups (broad SMARTS) is 1. The third kappa shape index (κ3) is 3.90. The van der Waals surface area contributed by atoms with E-state index in [4.69, 9.17) is 21.0 Å². The second kappa shape index (κ2) is 7.41. The minimum Gasteiger partial charge on any atom is -0.493 e. The van der Waals surface area contributed by atoms with Crippen molar-refractivity contribution in [3.63, 3.8) is 0 Å². The Bertz CT molecular complexity index is 507. The number of ether oxygens (including phenoxy) is 2. The molecule has 0 amide bonds. The lowest BCUT2D eigenvalue weighted by atomic mass is 10.1. The van der Waals surface area contributed by atoms with Gasteiger partial charge in [0.25, 0.3) is 0 Å². The molecule has 0 saturated heterocycles. The molecule has 0 saturated carbocycles. The number of nitrogens with zero attached hydrogens (tertiary/aromatic N) is 1. The van der Waals surface area contributed by atoms with E-state index >= 15 is 0 Å². The average molecular weight is 277 g/mol. The first-order valence-electron chi connectivity index (χ1n) is 6.14. The Labute approximate surface area is 119 Å². The molecule has 5 nitrogen and oxygen atoms in total. The molecule has 1 rings (SSSR count). The monoisotopic (exact) mass is 277 g/mol. The molecule has 0 spiro atoms. The highest BCUT2D eigenvalue weighted by Gasteiger charge is 2.19. The van der Waals surface area contributed by atoms with Gasteiger partial charge in [0.05, 0.1) is 27.3 Å². The maximum Gasteiger partial charge on any atom is 0.317 e. The fourth-order valence-corrected chi connectivity index (χ4v) is 1.94. The maximum atomic E-state index is 10.9. The van der Waals surface area contributed by atoms with Gasteiger partial charge in [-0.2, -0.15) is 0 Å². The lowest BCUT2D eigenvalue weighted by molar-refractivity contribution is -0.138.